The summed E-state index contributed by atoms with van der Waals surface area (Å²) >= 11 is 1.54. The van der Waals surface area contributed by atoms with E-state index in [2.05, 4.69) is 20.3 Å². The minimum absolute atomic E-state index is 0.0154. The number of nitrogens with one attached hydrogen (secondary N) is 1. The SMILES string of the molecule is [B]N/C(C)=C(\O)c1nnc(SCCCN2CCC3(C[C@H]3c3ccc(C(F)(F)F)cc3F)C2)n1C. The minimum Gasteiger partial charge on any atom is -0.503 e. The van der Waals surface area contributed by atoms with E-state index in [9.17, 15) is 22.7 Å². The van der Waals surface area contributed by atoms with Crippen LogP contribution in [0.2, 0.25) is 0 Å². The molecule has 1 saturated heterocycles. The van der Waals surface area contributed by atoms with Gasteiger partial charge in [0.2, 0.25) is 13.8 Å². The predicted molar refractivity (Wildman–Crippen MR) is 123 cm³/mol. The van der Waals surface area contributed by atoms with Crippen molar-refractivity contribution in [1.29, 1.82) is 0 Å². The van der Waals surface area contributed by atoms with Crippen LogP contribution in [0, 0.1) is 11.2 Å². The first kappa shape index (κ1) is 24.9. The number of halogens is 4. The maximum absolute atomic E-state index is 14.4. The quantitative estimate of drug-likeness (QED) is 0.188. The summed E-state index contributed by atoms with van der Waals surface area (Å²) in [6.07, 6.45) is -1.88. The summed E-state index contributed by atoms with van der Waals surface area (Å²) in [5.41, 5.74) is -0.169. The zero-order chi connectivity index (χ0) is 24.7. The van der Waals surface area contributed by atoms with Gasteiger partial charge in [-0.15, -0.1) is 10.2 Å². The zero-order valence-electron chi connectivity index (χ0n) is 19.0. The van der Waals surface area contributed by atoms with Gasteiger partial charge in [-0.2, -0.15) is 13.2 Å². The Hall–Kier alpha value is -2.21. The van der Waals surface area contributed by atoms with Gasteiger partial charge in [0, 0.05) is 25.0 Å². The first-order valence-corrected chi connectivity index (χ1v) is 12.0. The van der Waals surface area contributed by atoms with Crippen LogP contribution < -0.4 is 5.23 Å². The number of likely N-dealkylation sites (tertiary alicyclic amines) is 1. The lowest BCUT2D eigenvalue weighted by atomic mass is 9.97. The molecule has 1 aromatic carbocycles. The van der Waals surface area contributed by atoms with Crippen molar-refractivity contribution in [3.05, 3.63) is 46.7 Å². The molecular formula is C22H26BF4N5OS. The Morgan fingerprint density at radius 3 is 2.79 bits per heavy atom. The summed E-state index contributed by atoms with van der Waals surface area (Å²) in [5, 5.41) is 21.4. The first-order valence-electron chi connectivity index (χ1n) is 11.0. The molecular weight excluding hydrogens is 469 g/mol. The number of aliphatic hydroxyl groups excluding tert-OH is 1. The largest absolute Gasteiger partial charge is 0.503 e. The standard InChI is InChI=1S/C22H26BF4N5OS/c1-13(28-23)18(33)19-29-30-20(31(19)2)34-9-3-7-32-8-6-21(12-32)11-16(21)15-5-4-14(10-17(15)24)22(25,26)27/h4-5,10,16,28,33H,3,6-9,11-12H2,1-2H3/b18-13-/t16-,21?/m0/s1. The van der Waals surface area contributed by atoms with Crippen LogP contribution in [0.15, 0.2) is 29.1 Å². The molecule has 2 radical (unpaired) electrons. The van der Waals surface area contributed by atoms with Crippen LogP contribution in [0.3, 0.4) is 0 Å². The van der Waals surface area contributed by atoms with Gasteiger partial charge in [0.1, 0.15) is 5.82 Å². The first-order chi connectivity index (χ1) is 16.1. The van der Waals surface area contributed by atoms with E-state index in [4.69, 9.17) is 7.98 Å². The van der Waals surface area contributed by atoms with E-state index in [1.165, 1.54) is 6.07 Å². The van der Waals surface area contributed by atoms with Crippen molar-refractivity contribution >= 4 is 25.5 Å². The monoisotopic (exact) mass is 495 g/mol. The van der Waals surface area contributed by atoms with Gasteiger partial charge in [-0.1, -0.05) is 17.8 Å². The molecule has 2 aliphatic rings. The van der Waals surface area contributed by atoms with Crippen LogP contribution in [-0.4, -0.2) is 58.1 Å². The zero-order valence-corrected chi connectivity index (χ0v) is 19.8. The molecule has 1 spiro atoms. The van der Waals surface area contributed by atoms with E-state index >= 15 is 0 Å². The fourth-order valence-corrected chi connectivity index (χ4v) is 5.57. The highest BCUT2D eigenvalue weighted by Gasteiger charge is 2.58. The molecule has 2 fully saturated rings. The maximum atomic E-state index is 14.4. The van der Waals surface area contributed by atoms with Crippen molar-refractivity contribution in [3.8, 4) is 0 Å². The van der Waals surface area contributed by atoms with Crippen molar-refractivity contribution in [3.63, 3.8) is 0 Å². The minimum atomic E-state index is -4.53. The number of thioether (sulfide) groups is 1. The molecule has 1 aliphatic carbocycles. The van der Waals surface area contributed by atoms with E-state index in [1.54, 1.807) is 30.3 Å². The molecule has 12 heteroatoms. The number of hydrogen-bond acceptors (Lipinski definition) is 6. The second-order valence-corrected chi connectivity index (χ2v) is 10.1. The summed E-state index contributed by atoms with van der Waals surface area (Å²) in [5.74, 6) is 0.307. The van der Waals surface area contributed by atoms with Gasteiger partial charge in [0.25, 0.3) is 0 Å². The number of hydrogen-bond donors (Lipinski definition) is 2. The number of allylic oxidation sites excluding steroid dienone is 1. The summed E-state index contributed by atoms with van der Waals surface area (Å²) in [6, 6.07) is 2.91. The lowest BCUT2D eigenvalue weighted by Crippen LogP contribution is -2.23. The van der Waals surface area contributed by atoms with Crippen molar-refractivity contribution in [2.24, 2.45) is 12.5 Å². The van der Waals surface area contributed by atoms with Gasteiger partial charge in [-0.25, -0.2) is 4.39 Å². The lowest BCUT2D eigenvalue weighted by Gasteiger charge is -2.16. The van der Waals surface area contributed by atoms with E-state index in [-0.39, 0.29) is 17.1 Å². The van der Waals surface area contributed by atoms with Crippen molar-refractivity contribution in [1.82, 2.24) is 24.9 Å². The van der Waals surface area contributed by atoms with E-state index in [1.807, 2.05) is 0 Å². The number of rotatable bonds is 8. The van der Waals surface area contributed by atoms with Crippen LogP contribution >= 0.6 is 11.8 Å². The van der Waals surface area contributed by atoms with Crippen LogP contribution in [-0.2, 0) is 13.2 Å². The summed E-state index contributed by atoms with van der Waals surface area (Å²) in [7, 11) is 7.10. The molecule has 1 unspecified atom stereocenters. The summed E-state index contributed by atoms with van der Waals surface area (Å²) in [4.78, 5) is 2.34. The average molecular weight is 495 g/mol. The number of alkyl halides is 3. The highest BCUT2D eigenvalue weighted by molar-refractivity contribution is 7.99. The predicted octanol–water partition coefficient (Wildman–Crippen LogP) is 4.25. The molecule has 0 bridgehead atoms. The molecule has 4 rings (SSSR count). The fraction of sp³-hybridized carbons (Fsp3) is 0.545. The second kappa shape index (κ2) is 9.45. The Balaban J connectivity index is 1.26. The Morgan fingerprint density at radius 2 is 2.12 bits per heavy atom. The Kier molecular flexibility index (Phi) is 6.92. The molecule has 182 valence electrons. The molecule has 1 aliphatic heterocycles. The Bertz CT molecular complexity index is 1090. The van der Waals surface area contributed by atoms with Crippen molar-refractivity contribution in [2.45, 2.75) is 43.4 Å². The molecule has 1 aromatic heterocycles. The summed E-state index contributed by atoms with van der Waals surface area (Å²) in [6.45, 7) is 4.25. The van der Waals surface area contributed by atoms with Gasteiger partial charge in [-0.3, -0.25) is 0 Å². The van der Waals surface area contributed by atoms with Gasteiger partial charge >= 0.3 is 6.18 Å². The number of nitrogens with zero attached hydrogens (tertiary/aromatic N) is 4. The third kappa shape index (κ3) is 4.93. The average Bonchev–Trinajstić information content (AvgIpc) is 3.12. The molecule has 34 heavy (non-hydrogen) atoms. The van der Waals surface area contributed by atoms with Crippen LogP contribution in [0.25, 0.3) is 5.76 Å². The molecule has 6 nitrogen and oxygen atoms in total. The smallest absolute Gasteiger partial charge is 0.416 e. The summed E-state index contributed by atoms with van der Waals surface area (Å²) < 4.78 is 54.6. The fourth-order valence-electron chi connectivity index (χ4n) is 4.73. The van der Waals surface area contributed by atoms with E-state index in [0.29, 0.717) is 28.3 Å². The third-order valence-corrected chi connectivity index (χ3v) is 7.93. The molecule has 2 heterocycles. The van der Waals surface area contributed by atoms with Gasteiger partial charge in [0.05, 0.1) is 5.56 Å². The topological polar surface area (TPSA) is 66.2 Å². The molecule has 2 atom stereocenters. The van der Waals surface area contributed by atoms with E-state index in [0.717, 1.165) is 50.7 Å². The Labute approximate surface area is 201 Å². The normalized spacial score (nSPS) is 23.4. The number of benzene rings is 1. The van der Waals surface area contributed by atoms with Crippen molar-refractivity contribution in [2.75, 3.05) is 25.4 Å². The van der Waals surface area contributed by atoms with Crippen LogP contribution in [0.1, 0.15) is 49.1 Å². The second-order valence-electron chi connectivity index (χ2n) is 9.06. The van der Waals surface area contributed by atoms with Gasteiger partial charge in [0.15, 0.2) is 10.9 Å². The molecule has 2 aromatic rings. The van der Waals surface area contributed by atoms with Gasteiger partial charge in [-0.05, 0) is 68.3 Å². The van der Waals surface area contributed by atoms with E-state index < -0.39 is 17.6 Å². The lowest BCUT2D eigenvalue weighted by molar-refractivity contribution is -0.137. The van der Waals surface area contributed by atoms with Gasteiger partial charge < -0.3 is 19.8 Å². The number of aliphatic hydroxyl groups is 1. The van der Waals surface area contributed by atoms with Crippen LogP contribution in [0.5, 0.6) is 0 Å². The molecule has 2 N–H and O–H groups in total. The third-order valence-electron chi connectivity index (χ3n) is 6.83. The highest BCUT2D eigenvalue weighted by atomic mass is 32.2. The molecule has 0 amide bonds. The number of aromatic nitrogens is 3. The Morgan fingerprint density at radius 1 is 1.35 bits per heavy atom. The molecule has 1 saturated carbocycles. The van der Waals surface area contributed by atoms with Crippen molar-refractivity contribution < 1.29 is 22.7 Å². The maximum Gasteiger partial charge on any atom is 0.416 e. The highest BCUT2D eigenvalue weighted by Crippen LogP contribution is 2.64. The van der Waals surface area contributed by atoms with Crippen LogP contribution in [0.4, 0.5) is 17.6 Å².